The standard InChI is InChI=1S/C20H15BrClNO4/c1-12(24)13-2-5-15(6-3-13)23-20(25)19-9-7-16(27-19)11-26-18-8-4-14(21)10-17(18)22/h2-10H,11H2,1H3,(H,23,25). The van der Waals surface area contributed by atoms with E-state index in [1.54, 1.807) is 48.5 Å². The molecule has 0 aliphatic carbocycles. The Hall–Kier alpha value is -2.57. The molecule has 3 rings (SSSR count). The van der Waals surface area contributed by atoms with Gasteiger partial charge in [0.15, 0.2) is 11.5 Å². The number of hydrogen-bond donors (Lipinski definition) is 1. The smallest absolute Gasteiger partial charge is 0.291 e. The first-order valence-corrected chi connectivity index (χ1v) is 9.18. The summed E-state index contributed by atoms with van der Waals surface area (Å²) in [6.07, 6.45) is 0. The molecule has 1 aromatic heterocycles. The molecule has 3 aromatic rings. The second-order valence-electron chi connectivity index (χ2n) is 5.72. The number of ether oxygens (including phenoxy) is 1. The molecule has 0 fully saturated rings. The molecule has 0 unspecified atom stereocenters. The highest BCUT2D eigenvalue weighted by atomic mass is 79.9. The second-order valence-corrected chi connectivity index (χ2v) is 7.04. The van der Waals surface area contributed by atoms with Crippen LogP contribution in [0, 0.1) is 0 Å². The van der Waals surface area contributed by atoms with Crippen LogP contribution in [0.4, 0.5) is 5.69 Å². The van der Waals surface area contributed by atoms with E-state index in [9.17, 15) is 9.59 Å². The minimum Gasteiger partial charge on any atom is -0.484 e. The van der Waals surface area contributed by atoms with E-state index in [0.29, 0.717) is 27.8 Å². The van der Waals surface area contributed by atoms with Gasteiger partial charge in [0, 0.05) is 15.7 Å². The molecule has 1 N–H and O–H groups in total. The van der Waals surface area contributed by atoms with Crippen molar-refractivity contribution in [2.24, 2.45) is 0 Å². The Balaban J connectivity index is 1.61. The number of rotatable bonds is 6. The molecule has 0 radical (unpaired) electrons. The van der Waals surface area contributed by atoms with Gasteiger partial charge in [0.25, 0.3) is 5.91 Å². The number of amides is 1. The third kappa shape index (κ3) is 4.99. The molecule has 1 heterocycles. The summed E-state index contributed by atoms with van der Waals surface area (Å²) in [5.74, 6) is 0.748. The summed E-state index contributed by atoms with van der Waals surface area (Å²) >= 11 is 9.43. The molecule has 0 bridgehead atoms. The summed E-state index contributed by atoms with van der Waals surface area (Å²) in [6.45, 7) is 1.63. The molecule has 2 aromatic carbocycles. The zero-order chi connectivity index (χ0) is 19.4. The van der Waals surface area contributed by atoms with Gasteiger partial charge in [-0.15, -0.1) is 0 Å². The molecule has 0 aliphatic heterocycles. The molecule has 1 amide bonds. The lowest BCUT2D eigenvalue weighted by molar-refractivity contribution is 0.0990. The van der Waals surface area contributed by atoms with Gasteiger partial charge in [0.05, 0.1) is 5.02 Å². The van der Waals surface area contributed by atoms with E-state index in [0.717, 1.165) is 4.47 Å². The highest BCUT2D eigenvalue weighted by Gasteiger charge is 2.13. The van der Waals surface area contributed by atoms with E-state index in [-0.39, 0.29) is 18.2 Å². The number of carbonyl (C=O) groups is 2. The van der Waals surface area contributed by atoms with Gasteiger partial charge in [-0.3, -0.25) is 9.59 Å². The van der Waals surface area contributed by atoms with Gasteiger partial charge in [-0.25, -0.2) is 0 Å². The van der Waals surface area contributed by atoms with E-state index < -0.39 is 5.91 Å². The normalized spacial score (nSPS) is 10.5. The van der Waals surface area contributed by atoms with E-state index in [2.05, 4.69) is 21.2 Å². The summed E-state index contributed by atoms with van der Waals surface area (Å²) in [5, 5.41) is 3.19. The van der Waals surface area contributed by atoms with Crippen LogP contribution in [0.25, 0.3) is 0 Å². The first-order valence-electron chi connectivity index (χ1n) is 8.01. The number of Topliss-reactive ketones (excluding diaryl/α,β-unsaturated/α-hetero) is 1. The number of halogens is 2. The Labute approximate surface area is 169 Å². The predicted molar refractivity (Wildman–Crippen MR) is 107 cm³/mol. The Morgan fingerprint density at radius 3 is 2.52 bits per heavy atom. The molecular weight excluding hydrogens is 434 g/mol. The molecule has 27 heavy (non-hydrogen) atoms. The first kappa shape index (κ1) is 19.2. The number of nitrogens with one attached hydrogen (secondary N) is 1. The number of ketones is 1. The maximum atomic E-state index is 12.3. The van der Waals surface area contributed by atoms with E-state index in [1.807, 2.05) is 6.07 Å². The number of carbonyl (C=O) groups excluding carboxylic acids is 2. The third-order valence-electron chi connectivity index (χ3n) is 3.70. The molecule has 0 aliphatic rings. The molecule has 0 saturated carbocycles. The van der Waals surface area contributed by atoms with Crippen LogP contribution in [-0.4, -0.2) is 11.7 Å². The first-order chi connectivity index (χ1) is 12.9. The van der Waals surface area contributed by atoms with E-state index in [1.165, 1.54) is 6.92 Å². The van der Waals surface area contributed by atoms with Crippen molar-refractivity contribution in [2.75, 3.05) is 5.32 Å². The number of anilines is 1. The quantitative estimate of drug-likeness (QED) is 0.489. The van der Waals surface area contributed by atoms with Crippen LogP contribution >= 0.6 is 27.5 Å². The molecule has 0 saturated heterocycles. The van der Waals surface area contributed by atoms with Gasteiger partial charge in [0.2, 0.25) is 0 Å². The fraction of sp³-hybridized carbons (Fsp3) is 0.100. The highest BCUT2D eigenvalue weighted by molar-refractivity contribution is 9.10. The lowest BCUT2D eigenvalue weighted by Gasteiger charge is -2.06. The largest absolute Gasteiger partial charge is 0.484 e. The monoisotopic (exact) mass is 447 g/mol. The molecule has 7 heteroatoms. The van der Waals surface area contributed by atoms with Crippen molar-refractivity contribution in [2.45, 2.75) is 13.5 Å². The molecule has 138 valence electrons. The predicted octanol–water partition coefficient (Wildman–Crippen LogP) is 5.73. The van der Waals surface area contributed by atoms with E-state index >= 15 is 0 Å². The van der Waals surface area contributed by atoms with Crippen molar-refractivity contribution >= 4 is 44.9 Å². The summed E-state index contributed by atoms with van der Waals surface area (Å²) in [4.78, 5) is 23.6. The van der Waals surface area contributed by atoms with E-state index in [4.69, 9.17) is 20.8 Å². The van der Waals surface area contributed by atoms with Gasteiger partial charge in [-0.2, -0.15) is 0 Å². The van der Waals surface area contributed by atoms with Crippen molar-refractivity contribution in [1.29, 1.82) is 0 Å². The average Bonchev–Trinajstić information content (AvgIpc) is 3.10. The Morgan fingerprint density at radius 1 is 1.11 bits per heavy atom. The fourth-order valence-corrected chi connectivity index (χ4v) is 3.03. The summed E-state index contributed by atoms with van der Waals surface area (Å²) in [6, 6.07) is 15.2. The lowest BCUT2D eigenvalue weighted by atomic mass is 10.1. The highest BCUT2D eigenvalue weighted by Crippen LogP contribution is 2.28. The minimum atomic E-state index is -0.390. The van der Waals surface area contributed by atoms with Crippen LogP contribution in [0.5, 0.6) is 5.75 Å². The molecular formula is C20H15BrClNO4. The molecule has 0 atom stereocenters. The number of benzene rings is 2. The van der Waals surface area contributed by atoms with Crippen LogP contribution in [0.1, 0.15) is 33.6 Å². The van der Waals surface area contributed by atoms with Crippen LogP contribution in [0.3, 0.4) is 0 Å². The lowest BCUT2D eigenvalue weighted by Crippen LogP contribution is -2.11. The molecule has 5 nitrogen and oxygen atoms in total. The van der Waals surface area contributed by atoms with Gasteiger partial charge in [-0.1, -0.05) is 27.5 Å². The maximum absolute atomic E-state index is 12.3. The van der Waals surface area contributed by atoms with Crippen molar-refractivity contribution in [3.8, 4) is 5.75 Å². The fourth-order valence-electron chi connectivity index (χ4n) is 2.30. The Kier molecular flexibility index (Phi) is 5.98. The maximum Gasteiger partial charge on any atom is 0.291 e. The number of furan rings is 1. The van der Waals surface area contributed by atoms with Gasteiger partial charge < -0.3 is 14.5 Å². The topological polar surface area (TPSA) is 68.5 Å². The summed E-state index contributed by atoms with van der Waals surface area (Å²) in [7, 11) is 0. The van der Waals surface area contributed by atoms with Crippen molar-refractivity contribution in [3.63, 3.8) is 0 Å². The summed E-state index contributed by atoms with van der Waals surface area (Å²) < 4.78 is 12.0. The van der Waals surface area contributed by atoms with Gasteiger partial charge in [-0.05, 0) is 61.5 Å². The third-order valence-corrected chi connectivity index (χ3v) is 4.49. The second kappa shape index (κ2) is 8.41. The van der Waals surface area contributed by atoms with Crippen molar-refractivity contribution in [1.82, 2.24) is 0 Å². The Morgan fingerprint density at radius 2 is 1.85 bits per heavy atom. The summed E-state index contributed by atoms with van der Waals surface area (Å²) in [5.41, 5.74) is 1.15. The zero-order valence-electron chi connectivity index (χ0n) is 14.3. The van der Waals surface area contributed by atoms with Crippen molar-refractivity contribution < 1.29 is 18.7 Å². The SMILES string of the molecule is CC(=O)c1ccc(NC(=O)c2ccc(COc3ccc(Br)cc3Cl)o2)cc1. The van der Waals surface area contributed by atoms with Gasteiger partial charge in [0.1, 0.15) is 18.1 Å². The van der Waals surface area contributed by atoms with Crippen LogP contribution in [-0.2, 0) is 6.61 Å². The van der Waals surface area contributed by atoms with Crippen LogP contribution < -0.4 is 10.1 Å². The molecule has 0 spiro atoms. The Bertz CT molecular complexity index is 982. The van der Waals surface area contributed by atoms with Crippen LogP contribution in [0.2, 0.25) is 5.02 Å². The average molecular weight is 449 g/mol. The minimum absolute atomic E-state index is 0.0329. The van der Waals surface area contributed by atoms with Crippen LogP contribution in [0.15, 0.2) is 63.5 Å². The van der Waals surface area contributed by atoms with Crippen molar-refractivity contribution in [3.05, 3.63) is 81.2 Å². The zero-order valence-corrected chi connectivity index (χ0v) is 16.6. The number of hydrogen-bond acceptors (Lipinski definition) is 4. The van der Waals surface area contributed by atoms with Gasteiger partial charge >= 0.3 is 0 Å².